The van der Waals surface area contributed by atoms with Crippen molar-refractivity contribution in [1.82, 2.24) is 15.0 Å². The van der Waals surface area contributed by atoms with Gasteiger partial charge >= 0.3 is 0 Å². The van der Waals surface area contributed by atoms with E-state index in [1.54, 1.807) is 6.20 Å². The second-order valence-electron chi connectivity index (χ2n) is 5.00. The van der Waals surface area contributed by atoms with Gasteiger partial charge in [-0.25, -0.2) is 15.0 Å². The molecule has 2 N–H and O–H groups in total. The third-order valence-electron chi connectivity index (χ3n) is 3.49. The van der Waals surface area contributed by atoms with E-state index in [0.29, 0.717) is 6.67 Å². The summed E-state index contributed by atoms with van der Waals surface area (Å²) in [5.74, 6) is 2.67. The Bertz CT molecular complexity index is 584. The maximum Gasteiger partial charge on any atom is 0.134 e. The molecule has 0 radical (unpaired) electrons. The molecule has 2 heterocycles. The molecular weight excluding hydrogens is 298 g/mol. The molecule has 3 rings (SSSR count). The highest BCUT2D eigenvalue weighted by Gasteiger charge is 2.16. The Balaban J connectivity index is 0.000000671. The zero-order valence-corrected chi connectivity index (χ0v) is 15.7. The Hall–Kier alpha value is -2.17. The van der Waals surface area contributed by atoms with Crippen LogP contribution in [0.5, 0.6) is 0 Å². The summed E-state index contributed by atoms with van der Waals surface area (Å²) in [5.41, 5.74) is 2.49. The molecule has 5 heteroatoms. The first-order valence-corrected chi connectivity index (χ1v) is 9.08. The lowest BCUT2D eigenvalue weighted by Crippen LogP contribution is -2.18. The lowest BCUT2D eigenvalue weighted by molar-refractivity contribution is 0.659. The van der Waals surface area contributed by atoms with Crippen LogP contribution in [0.4, 0.5) is 11.6 Å². The molecule has 0 aromatic carbocycles. The summed E-state index contributed by atoms with van der Waals surface area (Å²) in [4.78, 5) is 13.3. The van der Waals surface area contributed by atoms with Crippen LogP contribution in [0, 0.1) is 6.92 Å². The van der Waals surface area contributed by atoms with E-state index in [2.05, 4.69) is 25.6 Å². The number of anilines is 2. The van der Waals surface area contributed by atoms with Gasteiger partial charge in [0.05, 0.1) is 6.67 Å². The second-order valence-corrected chi connectivity index (χ2v) is 5.00. The van der Waals surface area contributed by atoms with Gasteiger partial charge in [0, 0.05) is 17.5 Å². The minimum absolute atomic E-state index is 0.611. The van der Waals surface area contributed by atoms with Crippen molar-refractivity contribution in [2.75, 3.05) is 17.3 Å². The number of aryl methyl sites for hydroxylation is 2. The monoisotopic (exact) mass is 329 g/mol. The minimum atomic E-state index is 0.611. The van der Waals surface area contributed by atoms with Crippen molar-refractivity contribution >= 4 is 11.6 Å². The Morgan fingerprint density at radius 2 is 1.71 bits per heavy atom. The highest BCUT2D eigenvalue weighted by atomic mass is 15.1. The molecule has 0 spiro atoms. The van der Waals surface area contributed by atoms with Crippen LogP contribution < -0.4 is 10.6 Å². The molecule has 1 aliphatic rings. The molecule has 0 amide bonds. The van der Waals surface area contributed by atoms with Crippen molar-refractivity contribution in [2.24, 2.45) is 0 Å². The third-order valence-corrected chi connectivity index (χ3v) is 3.49. The molecule has 2 aromatic rings. The number of nitrogens with zero attached hydrogens (tertiary/aromatic N) is 3. The first-order chi connectivity index (χ1) is 11.8. The van der Waals surface area contributed by atoms with E-state index in [1.807, 2.05) is 52.8 Å². The van der Waals surface area contributed by atoms with E-state index in [0.717, 1.165) is 30.3 Å². The zero-order chi connectivity index (χ0) is 17.8. The maximum atomic E-state index is 4.56. The fourth-order valence-electron chi connectivity index (χ4n) is 2.55. The van der Waals surface area contributed by atoms with Gasteiger partial charge in [-0.2, -0.15) is 0 Å². The Labute approximate surface area is 146 Å². The highest BCUT2D eigenvalue weighted by Crippen LogP contribution is 2.25. The first kappa shape index (κ1) is 19.9. The summed E-state index contributed by atoms with van der Waals surface area (Å²) < 4.78 is 0. The van der Waals surface area contributed by atoms with Gasteiger partial charge in [0.2, 0.25) is 0 Å². The van der Waals surface area contributed by atoms with Gasteiger partial charge < -0.3 is 10.6 Å². The summed E-state index contributed by atoms with van der Waals surface area (Å²) in [6, 6.07) is 5.82. The van der Waals surface area contributed by atoms with Crippen LogP contribution in [0.25, 0.3) is 0 Å². The van der Waals surface area contributed by atoms with Gasteiger partial charge in [-0.05, 0) is 44.7 Å². The summed E-state index contributed by atoms with van der Waals surface area (Å²) in [6.45, 7) is 10.6. The van der Waals surface area contributed by atoms with Gasteiger partial charge in [-0.3, -0.25) is 0 Å². The van der Waals surface area contributed by atoms with Gasteiger partial charge in [0.25, 0.3) is 0 Å². The van der Waals surface area contributed by atoms with Crippen molar-refractivity contribution in [3.63, 3.8) is 0 Å². The van der Waals surface area contributed by atoms with Crippen LogP contribution in [0.1, 0.15) is 57.6 Å². The van der Waals surface area contributed by atoms with Gasteiger partial charge in [0.15, 0.2) is 0 Å². The molecule has 24 heavy (non-hydrogen) atoms. The van der Waals surface area contributed by atoms with Crippen LogP contribution in [0.2, 0.25) is 0 Å². The average Bonchev–Trinajstić information content (AvgIpc) is 2.66. The number of nitrogens with one attached hydrogen (secondary N) is 2. The normalized spacial score (nSPS) is 11.9. The summed E-state index contributed by atoms with van der Waals surface area (Å²) in [6.07, 6.45) is 6.37. The van der Waals surface area contributed by atoms with Gasteiger partial charge in [0.1, 0.15) is 17.5 Å². The third kappa shape index (κ3) is 5.80. The molecule has 0 atom stereocenters. The fourth-order valence-corrected chi connectivity index (χ4v) is 2.55. The minimum Gasteiger partial charge on any atom is -0.353 e. The number of aromatic nitrogens is 3. The van der Waals surface area contributed by atoms with E-state index in [9.17, 15) is 0 Å². The number of pyridine rings is 1. The maximum absolute atomic E-state index is 4.56. The first-order valence-electron chi connectivity index (χ1n) is 9.08. The Kier molecular flexibility index (Phi) is 9.42. The zero-order valence-electron chi connectivity index (χ0n) is 15.7. The van der Waals surface area contributed by atoms with Crippen LogP contribution >= 0.6 is 0 Å². The highest BCUT2D eigenvalue weighted by molar-refractivity contribution is 5.49. The van der Waals surface area contributed by atoms with Crippen LogP contribution in [0.3, 0.4) is 0 Å². The van der Waals surface area contributed by atoms with Crippen LogP contribution in [-0.4, -0.2) is 21.6 Å². The van der Waals surface area contributed by atoms with Gasteiger partial charge in [-0.1, -0.05) is 33.8 Å². The predicted octanol–water partition coefficient (Wildman–Crippen LogP) is 4.59. The summed E-state index contributed by atoms with van der Waals surface area (Å²) >= 11 is 0. The van der Waals surface area contributed by atoms with Crippen LogP contribution in [-0.2, 0) is 12.8 Å². The number of hydrogen-bond acceptors (Lipinski definition) is 5. The molecule has 1 aliphatic carbocycles. The van der Waals surface area contributed by atoms with Gasteiger partial charge in [-0.15, -0.1) is 0 Å². The van der Waals surface area contributed by atoms with E-state index < -0.39 is 0 Å². The lowest BCUT2D eigenvalue weighted by Gasteiger charge is -2.19. The molecule has 2 aromatic heterocycles. The molecule has 0 bridgehead atoms. The molecule has 0 saturated carbocycles. The largest absolute Gasteiger partial charge is 0.353 e. The van der Waals surface area contributed by atoms with E-state index in [4.69, 9.17) is 0 Å². The van der Waals surface area contributed by atoms with E-state index in [1.165, 1.54) is 24.1 Å². The molecule has 132 valence electrons. The molecule has 0 unspecified atom stereocenters. The van der Waals surface area contributed by atoms with Crippen molar-refractivity contribution in [3.05, 3.63) is 41.5 Å². The topological polar surface area (TPSA) is 62.7 Å². The van der Waals surface area contributed by atoms with Crippen molar-refractivity contribution in [2.45, 2.75) is 60.3 Å². The number of hydrogen-bond donors (Lipinski definition) is 2. The molecular formula is C19H31N5. The van der Waals surface area contributed by atoms with Crippen molar-refractivity contribution in [3.8, 4) is 0 Å². The number of fused-ring (bicyclic) bond motifs is 1. The van der Waals surface area contributed by atoms with E-state index >= 15 is 0 Å². The Morgan fingerprint density at radius 1 is 0.958 bits per heavy atom. The Morgan fingerprint density at radius 3 is 2.42 bits per heavy atom. The summed E-state index contributed by atoms with van der Waals surface area (Å²) in [5, 5.41) is 6.60. The standard InChI is InChI=1S/C15H19N5.2C2H6/c1-11-19-13-7-3-2-6-12(13)15(20-11)18-10-17-14-8-4-5-9-16-14;2*1-2/h4-5,8-9H,2-3,6-7,10H2,1H3,(H,16,17)(H,18,19,20);2*1-2H3. The molecule has 5 nitrogen and oxygen atoms in total. The van der Waals surface area contributed by atoms with Crippen molar-refractivity contribution in [1.29, 1.82) is 0 Å². The quantitative estimate of drug-likeness (QED) is 0.803. The lowest BCUT2D eigenvalue weighted by atomic mass is 9.96. The molecule has 0 fully saturated rings. The predicted molar refractivity (Wildman–Crippen MR) is 102 cm³/mol. The average molecular weight is 329 g/mol. The SMILES string of the molecule is CC.CC.Cc1nc2c(c(NCNc3ccccn3)n1)CCCC2. The van der Waals surface area contributed by atoms with Crippen LogP contribution in [0.15, 0.2) is 24.4 Å². The fraction of sp³-hybridized carbons (Fsp3) is 0.526. The summed E-state index contributed by atoms with van der Waals surface area (Å²) in [7, 11) is 0. The second kappa shape index (κ2) is 11.4. The van der Waals surface area contributed by atoms with Crippen molar-refractivity contribution < 1.29 is 0 Å². The smallest absolute Gasteiger partial charge is 0.134 e. The molecule has 0 saturated heterocycles. The number of rotatable bonds is 4. The van der Waals surface area contributed by atoms with E-state index in [-0.39, 0.29) is 0 Å². The molecule has 0 aliphatic heterocycles.